The molecule has 154 valence electrons. The third-order valence-electron chi connectivity index (χ3n) is 5.33. The van der Waals surface area contributed by atoms with Gasteiger partial charge in [-0.15, -0.1) is 0 Å². The normalized spacial score (nSPS) is 22.1. The maximum Gasteiger partial charge on any atom is 0.321 e. The van der Waals surface area contributed by atoms with Crippen molar-refractivity contribution < 1.29 is 9.59 Å². The van der Waals surface area contributed by atoms with Crippen molar-refractivity contribution in [3.63, 3.8) is 0 Å². The van der Waals surface area contributed by atoms with Crippen LogP contribution in [0.4, 0.5) is 10.5 Å². The molecule has 0 aromatic heterocycles. The molecule has 0 saturated heterocycles. The Morgan fingerprint density at radius 2 is 1.77 bits per heavy atom. The smallest absolute Gasteiger partial charge is 0.321 e. The number of amides is 3. The van der Waals surface area contributed by atoms with Crippen LogP contribution < -0.4 is 10.6 Å². The molecule has 4 rings (SSSR count). The fourth-order valence-corrected chi connectivity index (χ4v) is 3.73. The molecule has 1 aliphatic heterocycles. The number of nitriles is 1. The van der Waals surface area contributed by atoms with Crippen LogP contribution in [0.1, 0.15) is 11.1 Å². The number of aliphatic imine (C=N–C) groups is 1. The summed E-state index contributed by atoms with van der Waals surface area (Å²) in [6, 6.07) is 17.4. The first kappa shape index (κ1) is 20.1. The first-order valence-corrected chi connectivity index (χ1v) is 9.89. The lowest BCUT2D eigenvalue weighted by Crippen LogP contribution is -2.49. The summed E-state index contributed by atoms with van der Waals surface area (Å²) in [5.74, 6) is -0.411. The third-order valence-corrected chi connectivity index (χ3v) is 5.33. The van der Waals surface area contributed by atoms with E-state index in [4.69, 9.17) is 10.3 Å². The zero-order chi connectivity index (χ0) is 21.8. The molecule has 2 aromatic rings. The molecule has 3 unspecified atom stereocenters. The van der Waals surface area contributed by atoms with E-state index in [0.29, 0.717) is 11.3 Å². The quantitative estimate of drug-likeness (QED) is 0.812. The number of nitrogens with one attached hydrogen (secondary N) is 2. The van der Waals surface area contributed by atoms with E-state index in [9.17, 15) is 9.59 Å². The van der Waals surface area contributed by atoms with Crippen molar-refractivity contribution in [3.05, 3.63) is 90.0 Å². The number of carbonyl (C=O) groups excluding carboxylic acids is 2. The summed E-state index contributed by atoms with van der Waals surface area (Å²) in [5, 5.41) is 14.3. The lowest BCUT2D eigenvalue weighted by Gasteiger charge is -2.31. The van der Waals surface area contributed by atoms with E-state index in [1.54, 1.807) is 36.2 Å². The van der Waals surface area contributed by atoms with Crippen molar-refractivity contribution in [2.75, 3.05) is 12.4 Å². The van der Waals surface area contributed by atoms with Crippen LogP contribution in [0, 0.1) is 17.2 Å². The number of carbonyl (C=O) groups is 2. The Hall–Kier alpha value is -4.18. The van der Waals surface area contributed by atoms with Gasteiger partial charge in [0.2, 0.25) is 6.17 Å². The van der Waals surface area contributed by atoms with Crippen LogP contribution >= 0.6 is 0 Å². The predicted octanol–water partition coefficient (Wildman–Crippen LogP) is 3.08. The van der Waals surface area contributed by atoms with Gasteiger partial charge >= 0.3 is 6.03 Å². The number of hydrogen-bond acceptors (Lipinski definition) is 4. The predicted molar refractivity (Wildman–Crippen MR) is 118 cm³/mol. The summed E-state index contributed by atoms with van der Waals surface area (Å²) in [7, 11) is 1.72. The fraction of sp³-hybridized carbons (Fsp3) is 0.167. The van der Waals surface area contributed by atoms with E-state index in [0.717, 1.165) is 11.3 Å². The number of anilines is 1. The van der Waals surface area contributed by atoms with Crippen LogP contribution in [0.25, 0.3) is 0 Å². The maximum absolute atomic E-state index is 13.1. The molecular weight excluding hydrogens is 390 g/mol. The highest BCUT2D eigenvalue weighted by molar-refractivity contribution is 6.07. The molecule has 3 atom stereocenters. The zero-order valence-electron chi connectivity index (χ0n) is 16.9. The molecule has 2 N–H and O–H groups in total. The van der Waals surface area contributed by atoms with Gasteiger partial charge in [-0.1, -0.05) is 54.6 Å². The maximum atomic E-state index is 13.1. The molecule has 0 fully saturated rings. The number of urea groups is 1. The van der Waals surface area contributed by atoms with E-state index in [2.05, 4.69) is 10.6 Å². The second-order valence-electron chi connectivity index (χ2n) is 7.31. The largest absolute Gasteiger partial charge is 0.335 e. The SMILES string of the molecule is CN1C(=O)C(NC(=O)Nc2ccc(C#N)cc2)N=C(c2ccccc2)C2C=CC=CC21. The Labute approximate surface area is 180 Å². The highest BCUT2D eigenvalue weighted by Gasteiger charge is 2.37. The number of fused-ring (bicyclic) bond motifs is 1. The molecule has 2 aliphatic rings. The van der Waals surface area contributed by atoms with Crippen LogP contribution in [0.15, 0.2) is 83.9 Å². The van der Waals surface area contributed by atoms with Crippen LogP contribution in [0.5, 0.6) is 0 Å². The first-order valence-electron chi connectivity index (χ1n) is 9.89. The highest BCUT2D eigenvalue weighted by Crippen LogP contribution is 2.27. The standard InChI is InChI=1S/C24H21N5O2/c1-29-20-10-6-5-9-19(20)21(17-7-3-2-4-8-17)27-22(23(29)30)28-24(31)26-18-13-11-16(15-25)12-14-18/h2-14,19-20,22H,1H3,(H2,26,28,31). The molecule has 0 bridgehead atoms. The highest BCUT2D eigenvalue weighted by atomic mass is 16.2. The Kier molecular flexibility index (Phi) is 5.63. The van der Waals surface area contributed by atoms with E-state index < -0.39 is 12.2 Å². The summed E-state index contributed by atoms with van der Waals surface area (Å²) in [5.41, 5.74) is 2.65. The molecule has 3 amide bonds. The minimum absolute atomic E-state index is 0.116. The molecular formula is C24H21N5O2. The van der Waals surface area contributed by atoms with Crippen molar-refractivity contribution >= 4 is 23.3 Å². The zero-order valence-corrected chi connectivity index (χ0v) is 16.9. The Morgan fingerprint density at radius 1 is 1.06 bits per heavy atom. The number of rotatable bonds is 3. The van der Waals surface area contributed by atoms with Crippen molar-refractivity contribution in [2.45, 2.75) is 12.2 Å². The van der Waals surface area contributed by atoms with Gasteiger partial charge in [-0.25, -0.2) is 4.79 Å². The minimum atomic E-state index is -1.06. The third kappa shape index (κ3) is 4.23. The lowest BCUT2D eigenvalue weighted by molar-refractivity contribution is -0.132. The summed E-state index contributed by atoms with van der Waals surface area (Å²) >= 11 is 0. The fourth-order valence-electron chi connectivity index (χ4n) is 3.73. The van der Waals surface area contributed by atoms with E-state index in [-0.39, 0.29) is 17.9 Å². The Balaban J connectivity index is 1.62. The summed E-state index contributed by atoms with van der Waals surface area (Å²) in [6.45, 7) is 0. The van der Waals surface area contributed by atoms with Crippen molar-refractivity contribution in [3.8, 4) is 6.07 Å². The second-order valence-corrected chi connectivity index (χ2v) is 7.31. The van der Waals surface area contributed by atoms with Crippen molar-refractivity contribution in [2.24, 2.45) is 10.9 Å². The average Bonchev–Trinajstić information content (AvgIpc) is 2.91. The molecule has 7 nitrogen and oxygen atoms in total. The van der Waals surface area contributed by atoms with Crippen LogP contribution in [0.3, 0.4) is 0 Å². The van der Waals surface area contributed by atoms with Crippen LogP contribution in [0.2, 0.25) is 0 Å². The Bertz CT molecular complexity index is 1110. The molecule has 1 aliphatic carbocycles. The molecule has 1 heterocycles. The second kappa shape index (κ2) is 8.67. The number of hydrogen-bond donors (Lipinski definition) is 2. The van der Waals surface area contributed by atoms with Gasteiger partial charge in [0.05, 0.1) is 23.4 Å². The van der Waals surface area contributed by atoms with Gasteiger partial charge in [0.15, 0.2) is 0 Å². The van der Waals surface area contributed by atoms with Gasteiger partial charge in [-0.2, -0.15) is 5.26 Å². The van der Waals surface area contributed by atoms with E-state index >= 15 is 0 Å². The number of benzene rings is 2. The van der Waals surface area contributed by atoms with E-state index in [1.807, 2.05) is 60.7 Å². The van der Waals surface area contributed by atoms with Crippen molar-refractivity contribution in [1.29, 1.82) is 5.26 Å². The topological polar surface area (TPSA) is 97.6 Å². The van der Waals surface area contributed by atoms with Crippen LogP contribution in [-0.2, 0) is 4.79 Å². The number of nitrogens with zero attached hydrogens (tertiary/aromatic N) is 3. The summed E-state index contributed by atoms with van der Waals surface area (Å²) in [4.78, 5) is 32.1. The molecule has 0 radical (unpaired) electrons. The van der Waals surface area contributed by atoms with Gasteiger partial charge < -0.3 is 15.5 Å². The van der Waals surface area contributed by atoms with Gasteiger partial charge in [0.25, 0.3) is 5.91 Å². The van der Waals surface area contributed by atoms with Gasteiger partial charge in [-0.3, -0.25) is 9.79 Å². The van der Waals surface area contributed by atoms with Crippen LogP contribution in [-0.4, -0.2) is 41.8 Å². The number of likely N-dealkylation sites (N-methyl/N-ethyl adjacent to an activating group) is 1. The monoisotopic (exact) mass is 411 g/mol. The Morgan fingerprint density at radius 3 is 2.48 bits per heavy atom. The van der Waals surface area contributed by atoms with Gasteiger partial charge in [0, 0.05) is 18.7 Å². The molecule has 0 saturated carbocycles. The molecule has 0 spiro atoms. The minimum Gasteiger partial charge on any atom is -0.335 e. The van der Waals surface area contributed by atoms with Crippen molar-refractivity contribution in [1.82, 2.24) is 10.2 Å². The van der Waals surface area contributed by atoms with E-state index in [1.165, 1.54) is 0 Å². The lowest BCUT2D eigenvalue weighted by atomic mass is 9.86. The molecule has 7 heteroatoms. The summed E-state index contributed by atoms with van der Waals surface area (Å²) < 4.78 is 0. The first-order chi connectivity index (χ1) is 15.1. The number of allylic oxidation sites excluding steroid dienone is 2. The molecule has 2 aromatic carbocycles. The van der Waals surface area contributed by atoms with Gasteiger partial charge in [-0.05, 0) is 29.8 Å². The summed E-state index contributed by atoms with van der Waals surface area (Å²) in [6.07, 6.45) is 6.80. The van der Waals surface area contributed by atoms with Gasteiger partial charge in [0.1, 0.15) is 0 Å². The molecule has 31 heavy (non-hydrogen) atoms. The average molecular weight is 411 g/mol.